The van der Waals surface area contributed by atoms with Gasteiger partial charge in [0.1, 0.15) is 0 Å². The van der Waals surface area contributed by atoms with E-state index in [1.807, 2.05) is 6.07 Å². The topological polar surface area (TPSA) is 30.5 Å². The van der Waals surface area contributed by atoms with E-state index in [2.05, 4.69) is 64.6 Å². The van der Waals surface area contributed by atoms with Gasteiger partial charge in [0.15, 0.2) is 11.5 Å². The second kappa shape index (κ2) is 8.94. The Kier molecular flexibility index (Phi) is 6.93. The minimum atomic E-state index is 0.446. The monoisotopic (exact) mass is 377 g/mol. The first-order chi connectivity index (χ1) is 11.1. The molecular weight excluding hydrogens is 354 g/mol. The average Bonchev–Trinajstić information content (AvgIpc) is 2.58. The number of ether oxygens (including phenoxy) is 2. The Labute approximate surface area is 147 Å². The molecule has 0 heterocycles. The lowest BCUT2D eigenvalue weighted by atomic mass is 10.1. The number of hydrogen-bond donors (Lipinski definition) is 1. The van der Waals surface area contributed by atoms with Crippen LogP contribution in [0.5, 0.6) is 11.5 Å². The summed E-state index contributed by atoms with van der Waals surface area (Å²) in [6.45, 7) is 3.02. The summed E-state index contributed by atoms with van der Waals surface area (Å²) in [7, 11) is 3.30. The van der Waals surface area contributed by atoms with Crippen LogP contribution < -0.4 is 14.8 Å². The Bertz CT molecular complexity index is 616. The van der Waals surface area contributed by atoms with E-state index in [1.54, 1.807) is 14.2 Å². The van der Waals surface area contributed by atoms with Gasteiger partial charge in [-0.1, -0.05) is 30.3 Å². The van der Waals surface area contributed by atoms with E-state index < -0.39 is 0 Å². The summed E-state index contributed by atoms with van der Waals surface area (Å²) in [5.74, 6) is 1.48. The van der Waals surface area contributed by atoms with Crippen molar-refractivity contribution in [3.05, 3.63) is 58.1 Å². The first-order valence-corrected chi connectivity index (χ1v) is 8.61. The SMILES string of the molecule is COc1cc(CNC(C)CCc2ccccc2)cc(Br)c1OC. The van der Waals surface area contributed by atoms with Crippen molar-refractivity contribution in [2.24, 2.45) is 0 Å². The molecule has 0 saturated heterocycles. The molecule has 124 valence electrons. The van der Waals surface area contributed by atoms with Crippen LogP contribution in [-0.2, 0) is 13.0 Å². The highest BCUT2D eigenvalue weighted by atomic mass is 79.9. The maximum Gasteiger partial charge on any atom is 0.174 e. The van der Waals surface area contributed by atoms with Crippen molar-refractivity contribution >= 4 is 15.9 Å². The molecule has 0 aliphatic heterocycles. The maximum absolute atomic E-state index is 5.39. The van der Waals surface area contributed by atoms with Crippen LogP contribution in [0.2, 0.25) is 0 Å². The van der Waals surface area contributed by atoms with Crippen LogP contribution in [-0.4, -0.2) is 20.3 Å². The Morgan fingerprint density at radius 3 is 2.43 bits per heavy atom. The summed E-state index contributed by atoms with van der Waals surface area (Å²) in [6, 6.07) is 15.1. The minimum absolute atomic E-state index is 0.446. The Morgan fingerprint density at radius 1 is 1.04 bits per heavy atom. The van der Waals surface area contributed by atoms with Gasteiger partial charge in [0.2, 0.25) is 0 Å². The van der Waals surface area contributed by atoms with E-state index >= 15 is 0 Å². The van der Waals surface area contributed by atoms with Gasteiger partial charge in [0.25, 0.3) is 0 Å². The molecule has 0 spiro atoms. The van der Waals surface area contributed by atoms with E-state index in [-0.39, 0.29) is 0 Å². The Balaban J connectivity index is 1.89. The second-order valence-electron chi connectivity index (χ2n) is 5.62. The van der Waals surface area contributed by atoms with Gasteiger partial charge in [-0.15, -0.1) is 0 Å². The summed E-state index contributed by atoms with van der Waals surface area (Å²) >= 11 is 3.53. The van der Waals surface area contributed by atoms with E-state index in [1.165, 1.54) is 11.1 Å². The molecule has 23 heavy (non-hydrogen) atoms. The molecule has 0 aromatic heterocycles. The van der Waals surface area contributed by atoms with E-state index in [0.717, 1.165) is 35.4 Å². The zero-order valence-electron chi connectivity index (χ0n) is 13.9. The first kappa shape index (κ1) is 17.8. The van der Waals surface area contributed by atoms with Gasteiger partial charge < -0.3 is 14.8 Å². The van der Waals surface area contributed by atoms with Crippen molar-refractivity contribution in [2.45, 2.75) is 32.4 Å². The molecule has 0 amide bonds. The maximum atomic E-state index is 5.39. The highest BCUT2D eigenvalue weighted by molar-refractivity contribution is 9.10. The summed E-state index contributed by atoms with van der Waals surface area (Å²) in [5.41, 5.74) is 2.55. The molecule has 0 saturated carbocycles. The van der Waals surface area contributed by atoms with Crippen molar-refractivity contribution in [1.29, 1.82) is 0 Å². The summed E-state index contributed by atoms with van der Waals surface area (Å²) < 4.78 is 11.6. The molecule has 1 atom stereocenters. The van der Waals surface area contributed by atoms with Gasteiger partial charge in [-0.2, -0.15) is 0 Å². The molecule has 0 bridgehead atoms. The number of methoxy groups -OCH3 is 2. The lowest BCUT2D eigenvalue weighted by molar-refractivity contribution is 0.352. The van der Waals surface area contributed by atoms with Crippen LogP contribution >= 0.6 is 15.9 Å². The molecule has 1 N–H and O–H groups in total. The number of benzene rings is 2. The molecule has 2 rings (SSSR count). The first-order valence-electron chi connectivity index (χ1n) is 7.81. The van der Waals surface area contributed by atoms with Crippen LogP contribution in [0, 0.1) is 0 Å². The summed E-state index contributed by atoms with van der Waals surface area (Å²) in [4.78, 5) is 0. The van der Waals surface area contributed by atoms with Crippen LogP contribution in [0.3, 0.4) is 0 Å². The molecule has 0 aliphatic carbocycles. The van der Waals surface area contributed by atoms with Crippen molar-refractivity contribution in [1.82, 2.24) is 5.32 Å². The number of nitrogens with one attached hydrogen (secondary N) is 1. The van der Waals surface area contributed by atoms with Crippen molar-refractivity contribution in [3.63, 3.8) is 0 Å². The lowest BCUT2D eigenvalue weighted by Gasteiger charge is -2.16. The van der Waals surface area contributed by atoms with Crippen molar-refractivity contribution in [2.75, 3.05) is 14.2 Å². The quantitative estimate of drug-likeness (QED) is 0.730. The summed E-state index contributed by atoms with van der Waals surface area (Å²) in [5, 5.41) is 3.57. The third kappa shape index (κ3) is 5.26. The number of hydrogen-bond acceptors (Lipinski definition) is 3. The third-order valence-corrected chi connectivity index (χ3v) is 4.45. The van der Waals surface area contributed by atoms with Crippen LogP contribution in [0.15, 0.2) is 46.9 Å². The Hall–Kier alpha value is -1.52. The normalized spacial score (nSPS) is 12.0. The van der Waals surface area contributed by atoms with Crippen LogP contribution in [0.25, 0.3) is 0 Å². The number of halogens is 1. The highest BCUT2D eigenvalue weighted by Crippen LogP contribution is 2.36. The molecular formula is C19H24BrNO2. The fourth-order valence-electron chi connectivity index (χ4n) is 2.50. The third-order valence-electron chi connectivity index (χ3n) is 3.86. The minimum Gasteiger partial charge on any atom is -0.493 e. The predicted octanol–water partition coefficient (Wildman–Crippen LogP) is 4.58. The fourth-order valence-corrected chi connectivity index (χ4v) is 3.15. The molecule has 0 radical (unpaired) electrons. The van der Waals surface area contributed by atoms with Crippen molar-refractivity contribution in [3.8, 4) is 11.5 Å². The van der Waals surface area contributed by atoms with Gasteiger partial charge in [-0.3, -0.25) is 0 Å². The van der Waals surface area contributed by atoms with Gasteiger partial charge in [0.05, 0.1) is 18.7 Å². The molecule has 1 unspecified atom stereocenters. The predicted molar refractivity (Wildman–Crippen MR) is 98.3 cm³/mol. The molecule has 3 nitrogen and oxygen atoms in total. The number of aryl methyl sites for hydroxylation is 1. The van der Waals surface area contributed by atoms with Gasteiger partial charge >= 0.3 is 0 Å². The fraction of sp³-hybridized carbons (Fsp3) is 0.368. The van der Waals surface area contributed by atoms with E-state index in [4.69, 9.17) is 9.47 Å². The molecule has 4 heteroatoms. The van der Waals surface area contributed by atoms with Crippen molar-refractivity contribution < 1.29 is 9.47 Å². The molecule has 0 aliphatic rings. The number of rotatable bonds is 8. The Morgan fingerprint density at radius 2 is 1.78 bits per heavy atom. The lowest BCUT2D eigenvalue weighted by Crippen LogP contribution is -2.26. The van der Waals surface area contributed by atoms with Crippen LogP contribution in [0.4, 0.5) is 0 Å². The standard InChI is InChI=1S/C19H24BrNO2/c1-14(9-10-15-7-5-4-6-8-15)21-13-16-11-17(20)19(23-3)18(12-16)22-2/h4-8,11-12,14,21H,9-10,13H2,1-3H3. The highest BCUT2D eigenvalue weighted by Gasteiger charge is 2.11. The second-order valence-corrected chi connectivity index (χ2v) is 6.47. The largest absolute Gasteiger partial charge is 0.493 e. The smallest absolute Gasteiger partial charge is 0.174 e. The average molecular weight is 378 g/mol. The van der Waals surface area contributed by atoms with Gasteiger partial charge in [-0.05, 0) is 59.0 Å². The van der Waals surface area contributed by atoms with Crippen LogP contribution in [0.1, 0.15) is 24.5 Å². The molecule has 0 fully saturated rings. The van der Waals surface area contributed by atoms with Gasteiger partial charge in [-0.25, -0.2) is 0 Å². The van der Waals surface area contributed by atoms with Gasteiger partial charge in [0, 0.05) is 12.6 Å². The zero-order valence-corrected chi connectivity index (χ0v) is 15.5. The molecule has 2 aromatic carbocycles. The summed E-state index contributed by atoms with van der Waals surface area (Å²) in [6.07, 6.45) is 2.20. The molecule has 2 aromatic rings. The van der Waals surface area contributed by atoms with E-state index in [0.29, 0.717) is 6.04 Å². The van der Waals surface area contributed by atoms with E-state index in [9.17, 15) is 0 Å². The zero-order chi connectivity index (χ0) is 16.7.